The van der Waals surface area contributed by atoms with Gasteiger partial charge in [-0.05, 0) is 37.3 Å². The minimum absolute atomic E-state index is 0.292. The Morgan fingerprint density at radius 1 is 1.47 bits per heavy atom. The van der Waals surface area contributed by atoms with E-state index in [1.54, 1.807) is 0 Å². The number of aryl methyl sites for hydroxylation is 1. The topological polar surface area (TPSA) is 68.2 Å². The van der Waals surface area contributed by atoms with Gasteiger partial charge in [-0.1, -0.05) is 18.9 Å². The van der Waals surface area contributed by atoms with E-state index in [-0.39, 0.29) is 0 Å². The van der Waals surface area contributed by atoms with E-state index in [1.165, 1.54) is 25.7 Å². The first-order chi connectivity index (χ1) is 9.28. The summed E-state index contributed by atoms with van der Waals surface area (Å²) in [5, 5.41) is 7.89. The molecule has 2 aromatic rings. The zero-order chi connectivity index (χ0) is 13.2. The Labute approximate surface area is 113 Å². The van der Waals surface area contributed by atoms with Crippen LogP contribution in [-0.4, -0.2) is 27.2 Å². The quantitative estimate of drug-likeness (QED) is 0.881. The zero-order valence-corrected chi connectivity index (χ0v) is 11.3. The molecule has 2 heterocycles. The number of anilines is 1. The first-order valence-electron chi connectivity index (χ1n) is 7.06. The van der Waals surface area contributed by atoms with Gasteiger partial charge in [0, 0.05) is 18.8 Å². The Morgan fingerprint density at radius 3 is 2.95 bits per heavy atom. The van der Waals surface area contributed by atoms with Crippen molar-refractivity contribution in [1.82, 2.24) is 14.6 Å². The molecule has 5 heteroatoms. The van der Waals surface area contributed by atoms with Crippen molar-refractivity contribution in [2.75, 3.05) is 11.9 Å². The number of hydrogen-bond acceptors (Lipinski definition) is 4. The highest BCUT2D eigenvalue weighted by Crippen LogP contribution is 2.28. The van der Waals surface area contributed by atoms with Crippen LogP contribution in [0.1, 0.15) is 31.2 Å². The molecule has 0 spiro atoms. The summed E-state index contributed by atoms with van der Waals surface area (Å²) in [6, 6.07) is 4.32. The first kappa shape index (κ1) is 12.4. The van der Waals surface area contributed by atoms with Gasteiger partial charge in [0.25, 0.3) is 0 Å². The molecule has 0 radical (unpaired) electrons. The molecule has 3 rings (SSSR count). The molecular weight excluding hydrogens is 238 g/mol. The standard InChI is InChI=1S/C14H21N5/c1-10-5-4-8-19-13(10)17-14(18-19)16-12(9-15)11-6-2-3-7-11/h4-5,8,11-12H,2-3,6-7,9,15H2,1H3,(H,16,18). The van der Waals surface area contributed by atoms with Crippen LogP contribution in [0.5, 0.6) is 0 Å². The molecular formula is C14H21N5. The monoisotopic (exact) mass is 259 g/mol. The lowest BCUT2D eigenvalue weighted by molar-refractivity contribution is 0.460. The van der Waals surface area contributed by atoms with Crippen molar-refractivity contribution < 1.29 is 0 Å². The van der Waals surface area contributed by atoms with Crippen LogP contribution in [0.3, 0.4) is 0 Å². The summed E-state index contributed by atoms with van der Waals surface area (Å²) >= 11 is 0. The van der Waals surface area contributed by atoms with Gasteiger partial charge in [-0.15, -0.1) is 5.10 Å². The number of aromatic nitrogens is 3. The Balaban J connectivity index is 1.81. The molecule has 3 N–H and O–H groups in total. The summed E-state index contributed by atoms with van der Waals surface area (Å²) in [6.07, 6.45) is 7.09. The summed E-state index contributed by atoms with van der Waals surface area (Å²) in [5.74, 6) is 1.36. The molecule has 1 unspecified atom stereocenters. The summed E-state index contributed by atoms with van der Waals surface area (Å²) in [5.41, 5.74) is 7.94. The van der Waals surface area contributed by atoms with E-state index in [0.717, 1.165) is 11.2 Å². The van der Waals surface area contributed by atoms with Crippen LogP contribution in [0, 0.1) is 12.8 Å². The van der Waals surface area contributed by atoms with Crippen LogP contribution in [0.25, 0.3) is 5.65 Å². The number of nitrogens with two attached hydrogens (primary N) is 1. The van der Waals surface area contributed by atoms with E-state index < -0.39 is 0 Å². The lowest BCUT2D eigenvalue weighted by Gasteiger charge is -2.22. The minimum atomic E-state index is 0.292. The smallest absolute Gasteiger partial charge is 0.243 e. The second-order valence-corrected chi connectivity index (χ2v) is 5.43. The number of rotatable bonds is 4. The fraction of sp³-hybridized carbons (Fsp3) is 0.571. The molecule has 0 saturated heterocycles. The Hall–Kier alpha value is -1.62. The van der Waals surface area contributed by atoms with Crippen molar-refractivity contribution in [3.05, 3.63) is 23.9 Å². The van der Waals surface area contributed by atoms with Gasteiger partial charge >= 0.3 is 0 Å². The number of fused-ring (bicyclic) bond motifs is 1. The van der Waals surface area contributed by atoms with E-state index in [1.807, 2.05) is 29.8 Å². The van der Waals surface area contributed by atoms with Crippen LogP contribution in [-0.2, 0) is 0 Å². The average Bonchev–Trinajstić information content (AvgIpc) is 3.05. The maximum absolute atomic E-state index is 5.90. The molecule has 102 valence electrons. The van der Waals surface area contributed by atoms with Gasteiger partial charge in [-0.25, -0.2) is 4.52 Å². The molecule has 2 aromatic heterocycles. The third-order valence-electron chi connectivity index (χ3n) is 4.09. The minimum Gasteiger partial charge on any atom is -0.349 e. The lowest BCUT2D eigenvalue weighted by atomic mass is 9.98. The second-order valence-electron chi connectivity index (χ2n) is 5.43. The first-order valence-corrected chi connectivity index (χ1v) is 7.06. The fourth-order valence-corrected chi connectivity index (χ4v) is 3.00. The maximum Gasteiger partial charge on any atom is 0.243 e. The van der Waals surface area contributed by atoms with Crippen molar-refractivity contribution in [3.8, 4) is 0 Å². The van der Waals surface area contributed by atoms with Gasteiger partial charge in [0.1, 0.15) is 0 Å². The molecule has 19 heavy (non-hydrogen) atoms. The van der Waals surface area contributed by atoms with Gasteiger partial charge < -0.3 is 11.1 Å². The Bertz CT molecular complexity index is 556. The van der Waals surface area contributed by atoms with Gasteiger partial charge in [0.15, 0.2) is 5.65 Å². The highest BCUT2D eigenvalue weighted by molar-refractivity contribution is 5.50. The molecule has 1 aliphatic rings. The van der Waals surface area contributed by atoms with Gasteiger partial charge in [0.05, 0.1) is 0 Å². The predicted molar refractivity (Wildman–Crippen MR) is 76.1 cm³/mol. The Morgan fingerprint density at radius 2 is 2.26 bits per heavy atom. The van der Waals surface area contributed by atoms with Crippen LogP contribution >= 0.6 is 0 Å². The SMILES string of the molecule is Cc1cccn2nc(NC(CN)C3CCCC3)nc12. The zero-order valence-electron chi connectivity index (χ0n) is 11.3. The molecule has 1 saturated carbocycles. The fourth-order valence-electron chi connectivity index (χ4n) is 3.00. The Kier molecular flexibility index (Phi) is 3.38. The van der Waals surface area contributed by atoms with E-state index in [4.69, 9.17) is 5.73 Å². The summed E-state index contributed by atoms with van der Waals surface area (Å²) in [4.78, 5) is 4.56. The molecule has 0 amide bonds. The van der Waals surface area contributed by atoms with Gasteiger partial charge in [-0.3, -0.25) is 0 Å². The highest BCUT2D eigenvalue weighted by Gasteiger charge is 2.24. The highest BCUT2D eigenvalue weighted by atomic mass is 15.3. The van der Waals surface area contributed by atoms with Crippen LogP contribution in [0.4, 0.5) is 5.95 Å². The number of nitrogens with one attached hydrogen (secondary N) is 1. The molecule has 0 bridgehead atoms. The molecule has 5 nitrogen and oxygen atoms in total. The molecule has 0 aliphatic heterocycles. The third kappa shape index (κ3) is 2.42. The van der Waals surface area contributed by atoms with Gasteiger partial charge in [0.2, 0.25) is 5.95 Å². The average molecular weight is 259 g/mol. The molecule has 0 aromatic carbocycles. The maximum atomic E-state index is 5.90. The number of hydrogen-bond donors (Lipinski definition) is 2. The predicted octanol–water partition coefficient (Wildman–Crippen LogP) is 1.97. The van der Waals surface area contributed by atoms with Crippen LogP contribution in [0.2, 0.25) is 0 Å². The summed E-state index contributed by atoms with van der Waals surface area (Å²) < 4.78 is 1.82. The van der Waals surface area contributed by atoms with Crippen molar-refractivity contribution in [2.45, 2.75) is 38.6 Å². The molecule has 1 aliphatic carbocycles. The third-order valence-corrected chi connectivity index (χ3v) is 4.09. The van der Waals surface area contributed by atoms with E-state index >= 15 is 0 Å². The van der Waals surface area contributed by atoms with Crippen molar-refractivity contribution in [2.24, 2.45) is 11.7 Å². The summed E-state index contributed by atoms with van der Waals surface area (Å²) in [6.45, 7) is 2.68. The van der Waals surface area contributed by atoms with Crippen molar-refractivity contribution >= 4 is 11.6 Å². The lowest BCUT2D eigenvalue weighted by Crippen LogP contribution is -2.35. The van der Waals surface area contributed by atoms with E-state index in [2.05, 4.69) is 15.4 Å². The van der Waals surface area contributed by atoms with Gasteiger partial charge in [-0.2, -0.15) is 4.98 Å². The molecule has 1 fully saturated rings. The van der Waals surface area contributed by atoms with E-state index in [0.29, 0.717) is 24.5 Å². The number of pyridine rings is 1. The number of nitrogens with zero attached hydrogens (tertiary/aromatic N) is 3. The van der Waals surface area contributed by atoms with Crippen molar-refractivity contribution in [1.29, 1.82) is 0 Å². The van der Waals surface area contributed by atoms with E-state index in [9.17, 15) is 0 Å². The van der Waals surface area contributed by atoms with Crippen molar-refractivity contribution in [3.63, 3.8) is 0 Å². The summed E-state index contributed by atoms with van der Waals surface area (Å²) in [7, 11) is 0. The largest absolute Gasteiger partial charge is 0.349 e. The van der Waals surface area contributed by atoms with Crippen LogP contribution < -0.4 is 11.1 Å². The second kappa shape index (κ2) is 5.17. The van der Waals surface area contributed by atoms with Crippen LogP contribution in [0.15, 0.2) is 18.3 Å². The normalized spacial score (nSPS) is 18.0. The molecule has 1 atom stereocenters.